The molecule has 1 aromatic rings. The number of amides is 1. The Balaban J connectivity index is 1.85. The van der Waals surface area contributed by atoms with Gasteiger partial charge in [-0.05, 0) is 43.5 Å². The van der Waals surface area contributed by atoms with E-state index in [1.54, 1.807) is 24.5 Å². The van der Waals surface area contributed by atoms with Gasteiger partial charge in [-0.2, -0.15) is 0 Å². The van der Waals surface area contributed by atoms with Crippen LogP contribution in [0.4, 0.5) is 0 Å². The first kappa shape index (κ1) is 11.9. The molecule has 2 heterocycles. The Kier molecular flexibility index (Phi) is 3.98. The molecule has 1 amide bonds. The molecule has 2 rings (SSSR count). The van der Waals surface area contributed by atoms with Crippen molar-refractivity contribution in [1.82, 2.24) is 4.90 Å². The van der Waals surface area contributed by atoms with E-state index in [-0.39, 0.29) is 5.91 Å². The zero-order valence-corrected chi connectivity index (χ0v) is 9.84. The van der Waals surface area contributed by atoms with E-state index >= 15 is 0 Å². The molecule has 2 N–H and O–H groups in total. The van der Waals surface area contributed by atoms with Gasteiger partial charge in [0, 0.05) is 19.2 Å². The van der Waals surface area contributed by atoms with Crippen molar-refractivity contribution in [3.63, 3.8) is 0 Å². The van der Waals surface area contributed by atoms with Gasteiger partial charge in [-0.3, -0.25) is 4.79 Å². The zero-order chi connectivity index (χ0) is 12.1. The fraction of sp³-hybridized carbons (Fsp3) is 0.462. The summed E-state index contributed by atoms with van der Waals surface area (Å²) >= 11 is 0. The molecule has 1 aromatic heterocycles. The van der Waals surface area contributed by atoms with Crippen LogP contribution in [0, 0.1) is 5.92 Å². The minimum atomic E-state index is 0.0527. The molecule has 17 heavy (non-hydrogen) atoms. The summed E-state index contributed by atoms with van der Waals surface area (Å²) in [5.74, 6) is 1.33. The first-order valence-electron chi connectivity index (χ1n) is 6.00. The van der Waals surface area contributed by atoms with Crippen molar-refractivity contribution in [2.24, 2.45) is 11.7 Å². The van der Waals surface area contributed by atoms with E-state index in [1.165, 1.54) is 0 Å². The molecule has 1 fully saturated rings. The second-order valence-corrected chi connectivity index (χ2v) is 4.35. The Morgan fingerprint density at radius 1 is 1.53 bits per heavy atom. The van der Waals surface area contributed by atoms with Gasteiger partial charge in [0.1, 0.15) is 5.76 Å². The number of nitrogens with two attached hydrogens (primary N) is 1. The summed E-state index contributed by atoms with van der Waals surface area (Å²) in [7, 11) is 0. The number of likely N-dealkylation sites (tertiary alicyclic amines) is 1. The van der Waals surface area contributed by atoms with E-state index < -0.39 is 0 Å². The lowest BCUT2D eigenvalue weighted by Crippen LogP contribution is -2.39. The fourth-order valence-corrected chi connectivity index (χ4v) is 2.03. The highest BCUT2D eigenvalue weighted by molar-refractivity contribution is 5.91. The number of piperidine rings is 1. The Morgan fingerprint density at radius 2 is 2.29 bits per heavy atom. The predicted octanol–water partition coefficient (Wildman–Crippen LogP) is 1.49. The highest BCUT2D eigenvalue weighted by Crippen LogP contribution is 2.16. The maximum Gasteiger partial charge on any atom is 0.246 e. The number of hydrogen-bond acceptors (Lipinski definition) is 3. The Hall–Kier alpha value is -1.55. The van der Waals surface area contributed by atoms with Crippen LogP contribution in [-0.2, 0) is 4.79 Å². The number of hydrogen-bond donors (Lipinski definition) is 1. The maximum atomic E-state index is 11.9. The van der Waals surface area contributed by atoms with Gasteiger partial charge in [0.2, 0.25) is 5.91 Å². The molecule has 0 spiro atoms. The van der Waals surface area contributed by atoms with Crippen molar-refractivity contribution in [2.45, 2.75) is 12.8 Å². The average Bonchev–Trinajstić information content (AvgIpc) is 2.89. The van der Waals surface area contributed by atoms with Crippen LogP contribution in [-0.4, -0.2) is 30.4 Å². The topological polar surface area (TPSA) is 59.5 Å². The summed E-state index contributed by atoms with van der Waals surface area (Å²) in [6.07, 6.45) is 6.89. The quantitative estimate of drug-likeness (QED) is 0.806. The van der Waals surface area contributed by atoms with E-state index in [1.807, 2.05) is 11.0 Å². The van der Waals surface area contributed by atoms with Crippen LogP contribution in [0.5, 0.6) is 0 Å². The van der Waals surface area contributed by atoms with E-state index in [2.05, 4.69) is 0 Å². The minimum Gasteiger partial charge on any atom is -0.465 e. The Labute approximate surface area is 101 Å². The highest BCUT2D eigenvalue weighted by Gasteiger charge is 2.20. The molecule has 0 radical (unpaired) electrons. The lowest BCUT2D eigenvalue weighted by Gasteiger charge is -2.30. The lowest BCUT2D eigenvalue weighted by molar-refractivity contribution is -0.127. The van der Waals surface area contributed by atoms with Crippen molar-refractivity contribution in [2.75, 3.05) is 19.6 Å². The molecular weight excluding hydrogens is 216 g/mol. The van der Waals surface area contributed by atoms with E-state index in [0.29, 0.717) is 11.7 Å². The molecule has 0 aliphatic carbocycles. The van der Waals surface area contributed by atoms with Gasteiger partial charge >= 0.3 is 0 Å². The first-order valence-corrected chi connectivity index (χ1v) is 6.00. The second-order valence-electron chi connectivity index (χ2n) is 4.35. The van der Waals surface area contributed by atoms with Crippen LogP contribution >= 0.6 is 0 Å². The zero-order valence-electron chi connectivity index (χ0n) is 9.84. The van der Waals surface area contributed by atoms with Gasteiger partial charge in [-0.25, -0.2) is 0 Å². The summed E-state index contributed by atoms with van der Waals surface area (Å²) < 4.78 is 5.13. The molecule has 0 aromatic carbocycles. The van der Waals surface area contributed by atoms with E-state index in [9.17, 15) is 4.79 Å². The van der Waals surface area contributed by atoms with Crippen molar-refractivity contribution in [3.8, 4) is 0 Å². The maximum absolute atomic E-state index is 11.9. The number of rotatable bonds is 3. The average molecular weight is 234 g/mol. The minimum absolute atomic E-state index is 0.0527. The molecule has 0 unspecified atom stereocenters. The van der Waals surface area contributed by atoms with Crippen LogP contribution in [0.2, 0.25) is 0 Å². The molecule has 4 nitrogen and oxygen atoms in total. The van der Waals surface area contributed by atoms with E-state index in [0.717, 1.165) is 32.5 Å². The number of nitrogens with zero attached hydrogens (tertiary/aromatic N) is 1. The Bertz CT molecular complexity index is 376. The van der Waals surface area contributed by atoms with Crippen molar-refractivity contribution >= 4 is 12.0 Å². The normalized spacial score (nSPS) is 17.8. The molecule has 1 aliphatic heterocycles. The third-order valence-electron chi connectivity index (χ3n) is 3.19. The van der Waals surface area contributed by atoms with Gasteiger partial charge in [0.05, 0.1) is 6.26 Å². The predicted molar refractivity (Wildman–Crippen MR) is 66.1 cm³/mol. The highest BCUT2D eigenvalue weighted by atomic mass is 16.3. The van der Waals surface area contributed by atoms with Crippen molar-refractivity contribution in [3.05, 3.63) is 30.2 Å². The largest absolute Gasteiger partial charge is 0.465 e. The second kappa shape index (κ2) is 5.68. The van der Waals surface area contributed by atoms with Crippen molar-refractivity contribution < 1.29 is 9.21 Å². The third-order valence-corrected chi connectivity index (χ3v) is 3.19. The summed E-state index contributed by atoms with van der Waals surface area (Å²) in [5.41, 5.74) is 5.62. The van der Waals surface area contributed by atoms with Crippen LogP contribution < -0.4 is 5.73 Å². The van der Waals surface area contributed by atoms with E-state index in [4.69, 9.17) is 10.2 Å². The molecule has 1 saturated heterocycles. The van der Waals surface area contributed by atoms with Gasteiger partial charge in [-0.1, -0.05) is 0 Å². The summed E-state index contributed by atoms with van der Waals surface area (Å²) in [5, 5.41) is 0. The van der Waals surface area contributed by atoms with Crippen molar-refractivity contribution in [1.29, 1.82) is 0 Å². The van der Waals surface area contributed by atoms with Crippen LogP contribution in [0.1, 0.15) is 18.6 Å². The molecular formula is C13H18N2O2. The number of carbonyl (C=O) groups excluding carboxylic acids is 1. The first-order chi connectivity index (χ1) is 8.29. The smallest absolute Gasteiger partial charge is 0.246 e. The van der Waals surface area contributed by atoms with Crippen LogP contribution in [0.15, 0.2) is 28.9 Å². The number of carbonyl (C=O) groups is 1. The summed E-state index contributed by atoms with van der Waals surface area (Å²) in [6.45, 7) is 2.34. The molecule has 1 aliphatic rings. The summed E-state index contributed by atoms with van der Waals surface area (Å²) in [6, 6.07) is 3.63. The SMILES string of the molecule is NCC1CCN(C(=O)/C=C/c2ccco2)CC1. The fourth-order valence-electron chi connectivity index (χ4n) is 2.03. The van der Waals surface area contributed by atoms with Gasteiger partial charge in [0.15, 0.2) is 0 Å². The summed E-state index contributed by atoms with van der Waals surface area (Å²) in [4.78, 5) is 13.7. The number of furan rings is 1. The monoisotopic (exact) mass is 234 g/mol. The van der Waals surface area contributed by atoms with Gasteiger partial charge in [-0.15, -0.1) is 0 Å². The van der Waals surface area contributed by atoms with Crippen LogP contribution in [0.3, 0.4) is 0 Å². The standard InChI is InChI=1S/C13H18N2O2/c14-10-11-5-7-15(8-6-11)13(16)4-3-12-2-1-9-17-12/h1-4,9,11H,5-8,10,14H2/b4-3+. The van der Waals surface area contributed by atoms with Gasteiger partial charge in [0.25, 0.3) is 0 Å². The third kappa shape index (κ3) is 3.20. The molecule has 4 heteroatoms. The molecule has 92 valence electrons. The lowest BCUT2D eigenvalue weighted by atomic mass is 9.97. The molecule has 0 atom stereocenters. The van der Waals surface area contributed by atoms with Crippen LogP contribution in [0.25, 0.3) is 6.08 Å². The van der Waals surface area contributed by atoms with Gasteiger partial charge < -0.3 is 15.1 Å². The Morgan fingerprint density at radius 3 is 2.88 bits per heavy atom. The molecule has 0 saturated carbocycles. The molecule has 0 bridgehead atoms.